The number of ether oxygens (including phenoxy) is 1. The number of halogens is 1. The molecule has 5 nitrogen and oxygen atoms in total. The summed E-state index contributed by atoms with van der Waals surface area (Å²) in [6.07, 6.45) is 8.51. The Balaban J connectivity index is 1.83. The molecule has 0 aliphatic heterocycles. The average molecular weight is 445 g/mol. The maximum atomic E-state index is 11.0. The molecule has 1 aliphatic carbocycles. The molecule has 7 heteroatoms. The first-order valence-corrected chi connectivity index (χ1v) is 11.6. The molecule has 1 aromatic heterocycles. The van der Waals surface area contributed by atoms with E-state index in [9.17, 15) is 15.0 Å². The Morgan fingerprint density at radius 3 is 2.79 bits per heavy atom. The zero-order chi connectivity index (χ0) is 21.4. The Bertz CT molecular complexity index is 661. The van der Waals surface area contributed by atoms with Crippen LogP contribution < -0.4 is 0 Å². The molecule has 0 amide bonds. The minimum atomic E-state index is -0.888. The number of aliphatic hydroxyl groups excluding tert-OH is 2. The molecule has 1 saturated carbocycles. The van der Waals surface area contributed by atoms with Crippen molar-refractivity contribution in [3.05, 3.63) is 34.0 Å². The van der Waals surface area contributed by atoms with Gasteiger partial charge in [0.2, 0.25) is 0 Å². The topological polar surface area (TPSA) is 87.0 Å². The minimum absolute atomic E-state index is 0.0528. The minimum Gasteiger partial charge on any atom is -0.477 e. The molecule has 1 aromatic rings. The number of aryl methyl sites for hydroxylation is 1. The molecule has 0 radical (unpaired) electrons. The van der Waals surface area contributed by atoms with Crippen molar-refractivity contribution in [3.8, 4) is 0 Å². The number of aliphatic hydroxyl groups is 2. The van der Waals surface area contributed by atoms with Crippen LogP contribution in [0.4, 0.5) is 0 Å². The molecule has 29 heavy (non-hydrogen) atoms. The summed E-state index contributed by atoms with van der Waals surface area (Å²) in [7, 11) is 1.69. The van der Waals surface area contributed by atoms with Crippen molar-refractivity contribution in [1.82, 2.24) is 0 Å². The van der Waals surface area contributed by atoms with Gasteiger partial charge in [0.25, 0.3) is 0 Å². The summed E-state index contributed by atoms with van der Waals surface area (Å²) in [6, 6.07) is 3.51. The maximum Gasteiger partial charge on any atom is 0.345 e. The number of rotatable bonds is 12. The molecular weight excluding hydrogens is 412 g/mol. The number of methoxy groups -OCH3 is 1. The van der Waals surface area contributed by atoms with Gasteiger partial charge in [-0.05, 0) is 69.9 Å². The number of alkyl halides is 1. The van der Waals surface area contributed by atoms with Gasteiger partial charge in [0, 0.05) is 23.3 Å². The van der Waals surface area contributed by atoms with Crippen molar-refractivity contribution in [2.75, 3.05) is 7.11 Å². The van der Waals surface area contributed by atoms with Crippen LogP contribution >= 0.6 is 22.9 Å². The van der Waals surface area contributed by atoms with Crippen LogP contribution in [0.5, 0.6) is 0 Å². The van der Waals surface area contributed by atoms with Crippen molar-refractivity contribution in [2.24, 2.45) is 11.8 Å². The van der Waals surface area contributed by atoms with Gasteiger partial charge in [0.05, 0.1) is 18.3 Å². The van der Waals surface area contributed by atoms with Gasteiger partial charge >= 0.3 is 5.97 Å². The molecule has 2 rings (SSSR count). The number of carbonyl (C=O) groups is 1. The van der Waals surface area contributed by atoms with Crippen molar-refractivity contribution in [2.45, 2.75) is 75.6 Å². The van der Waals surface area contributed by atoms with Crippen LogP contribution in [0.15, 0.2) is 24.3 Å². The van der Waals surface area contributed by atoms with E-state index >= 15 is 0 Å². The highest BCUT2D eigenvalue weighted by atomic mass is 35.5. The predicted molar refractivity (Wildman–Crippen MR) is 117 cm³/mol. The molecule has 0 saturated heterocycles. The van der Waals surface area contributed by atoms with Gasteiger partial charge < -0.3 is 20.1 Å². The van der Waals surface area contributed by atoms with Crippen LogP contribution in [0.3, 0.4) is 0 Å². The second-order valence-electron chi connectivity index (χ2n) is 7.95. The van der Waals surface area contributed by atoms with E-state index in [2.05, 4.69) is 0 Å². The van der Waals surface area contributed by atoms with Crippen molar-refractivity contribution < 1.29 is 24.9 Å². The van der Waals surface area contributed by atoms with E-state index in [-0.39, 0.29) is 23.3 Å². The van der Waals surface area contributed by atoms with Gasteiger partial charge in [0.1, 0.15) is 4.88 Å². The SMILES string of the molecule is CO[C@H](C)CCC[C@H](O)C=C[C@@H]1[C@@H](CCCc2ccc(C(=O)O)s2)[C@H](Cl)C[C@H]1O. The second kappa shape index (κ2) is 12.1. The Morgan fingerprint density at radius 1 is 1.38 bits per heavy atom. The third-order valence-corrected chi connectivity index (χ3v) is 7.41. The molecule has 0 unspecified atom stereocenters. The number of carboxylic acids is 1. The molecule has 0 bridgehead atoms. The zero-order valence-electron chi connectivity index (χ0n) is 17.2. The van der Waals surface area contributed by atoms with E-state index in [4.69, 9.17) is 21.4 Å². The van der Waals surface area contributed by atoms with E-state index in [1.807, 2.05) is 19.1 Å². The lowest BCUT2D eigenvalue weighted by atomic mass is 9.89. The lowest BCUT2D eigenvalue weighted by Gasteiger charge is -2.21. The van der Waals surface area contributed by atoms with E-state index in [0.717, 1.165) is 37.0 Å². The second-order valence-corrected chi connectivity index (χ2v) is 9.68. The average Bonchev–Trinajstić information content (AvgIpc) is 3.25. The molecule has 0 aromatic carbocycles. The Morgan fingerprint density at radius 2 is 2.14 bits per heavy atom. The van der Waals surface area contributed by atoms with Gasteiger partial charge in [-0.1, -0.05) is 12.2 Å². The van der Waals surface area contributed by atoms with Crippen LogP contribution in [0.25, 0.3) is 0 Å². The highest BCUT2D eigenvalue weighted by Crippen LogP contribution is 2.40. The van der Waals surface area contributed by atoms with E-state index < -0.39 is 18.2 Å². The Kier molecular flexibility index (Phi) is 10.1. The fourth-order valence-electron chi connectivity index (χ4n) is 3.96. The summed E-state index contributed by atoms with van der Waals surface area (Å²) in [6.45, 7) is 2.01. The molecular formula is C22H33ClO5S. The van der Waals surface area contributed by atoms with E-state index in [0.29, 0.717) is 17.7 Å². The summed E-state index contributed by atoms with van der Waals surface area (Å²) in [5, 5.41) is 29.6. The first kappa shape index (κ1) is 24.4. The van der Waals surface area contributed by atoms with Crippen LogP contribution in [-0.4, -0.2) is 52.1 Å². The van der Waals surface area contributed by atoms with Crippen LogP contribution in [-0.2, 0) is 11.2 Å². The van der Waals surface area contributed by atoms with Crippen LogP contribution in [0, 0.1) is 11.8 Å². The lowest BCUT2D eigenvalue weighted by molar-refractivity contribution is 0.0702. The molecule has 3 N–H and O–H groups in total. The van der Waals surface area contributed by atoms with E-state index in [1.54, 1.807) is 19.3 Å². The third kappa shape index (κ3) is 7.68. The summed E-state index contributed by atoms with van der Waals surface area (Å²) in [5.41, 5.74) is 0. The monoisotopic (exact) mass is 444 g/mol. The molecule has 1 aliphatic rings. The number of carboxylic acid groups (broad SMARTS) is 1. The number of hydrogen-bond acceptors (Lipinski definition) is 5. The Hall–Kier alpha value is -0.920. The molecule has 1 heterocycles. The molecule has 164 valence electrons. The standard InChI is InChI=1S/C22H33ClO5S/c1-14(28-2)5-3-6-15(24)9-11-18-17(19(23)13-20(18)25)8-4-7-16-10-12-21(29-16)22(26)27/h9-12,14-15,17-20,24-25H,3-8,13H2,1-2H3,(H,26,27)/t14-,15+,17-,18-,19-,20-/m1/s1. The van der Waals surface area contributed by atoms with Gasteiger partial charge in [-0.2, -0.15) is 0 Å². The number of thiophene rings is 1. The normalized spacial score (nSPS) is 26.8. The van der Waals surface area contributed by atoms with Crippen molar-refractivity contribution in [1.29, 1.82) is 0 Å². The summed E-state index contributed by atoms with van der Waals surface area (Å²) < 4.78 is 5.22. The highest BCUT2D eigenvalue weighted by molar-refractivity contribution is 7.13. The van der Waals surface area contributed by atoms with Crippen LogP contribution in [0.2, 0.25) is 0 Å². The highest BCUT2D eigenvalue weighted by Gasteiger charge is 2.39. The van der Waals surface area contributed by atoms with E-state index in [1.165, 1.54) is 11.3 Å². The molecule has 1 fully saturated rings. The van der Waals surface area contributed by atoms with Gasteiger partial charge in [-0.3, -0.25) is 0 Å². The number of aromatic carboxylic acids is 1. The largest absolute Gasteiger partial charge is 0.477 e. The smallest absolute Gasteiger partial charge is 0.345 e. The third-order valence-electron chi connectivity index (χ3n) is 5.77. The lowest BCUT2D eigenvalue weighted by Crippen LogP contribution is -2.19. The van der Waals surface area contributed by atoms with Crippen LogP contribution in [0.1, 0.15) is 60.0 Å². The maximum absolute atomic E-state index is 11.0. The fraction of sp³-hybridized carbons (Fsp3) is 0.682. The predicted octanol–water partition coefficient (Wildman–Crippen LogP) is 4.50. The first-order valence-electron chi connectivity index (χ1n) is 10.3. The van der Waals surface area contributed by atoms with Gasteiger partial charge in [-0.25, -0.2) is 4.79 Å². The fourth-order valence-corrected chi connectivity index (χ4v) is 5.32. The quantitative estimate of drug-likeness (QED) is 0.326. The zero-order valence-corrected chi connectivity index (χ0v) is 18.7. The first-order chi connectivity index (χ1) is 13.8. The summed E-state index contributed by atoms with van der Waals surface area (Å²) >= 11 is 7.81. The summed E-state index contributed by atoms with van der Waals surface area (Å²) in [5.74, 6) is -0.785. The summed E-state index contributed by atoms with van der Waals surface area (Å²) in [4.78, 5) is 12.4. The van der Waals surface area contributed by atoms with Gasteiger partial charge in [0.15, 0.2) is 0 Å². The van der Waals surface area contributed by atoms with Gasteiger partial charge in [-0.15, -0.1) is 22.9 Å². The molecule has 0 spiro atoms. The van der Waals surface area contributed by atoms with Crippen molar-refractivity contribution in [3.63, 3.8) is 0 Å². The number of hydrogen-bond donors (Lipinski definition) is 3. The molecule has 6 atom stereocenters. The van der Waals surface area contributed by atoms with Crippen molar-refractivity contribution >= 4 is 28.9 Å². The Labute approximate surface area is 182 Å².